The van der Waals surface area contributed by atoms with Crippen LogP contribution < -0.4 is 0 Å². The summed E-state index contributed by atoms with van der Waals surface area (Å²) in [7, 11) is 1.09. The highest BCUT2D eigenvalue weighted by Crippen LogP contribution is 2.33. The molecule has 27 heavy (non-hydrogen) atoms. The molecule has 2 atom stereocenters. The van der Waals surface area contributed by atoms with E-state index >= 15 is 0 Å². The van der Waals surface area contributed by atoms with Crippen LogP contribution >= 0.6 is 0 Å². The second kappa shape index (κ2) is 12.5. The van der Waals surface area contributed by atoms with Gasteiger partial charge in [-0.2, -0.15) is 0 Å². The third kappa shape index (κ3) is 8.12. The Hall–Kier alpha value is -1.88. The number of oxime groups is 1. The number of unbranched alkanes of at least 4 members (excludes halogenated alkanes) is 4. The van der Waals surface area contributed by atoms with Crippen LogP contribution in [-0.2, 0) is 9.53 Å². The number of carbonyl (C=O) groups excluding carboxylic acids is 1. The molecule has 0 amide bonds. The van der Waals surface area contributed by atoms with Crippen LogP contribution in [0.3, 0.4) is 0 Å². The Morgan fingerprint density at radius 3 is 2.78 bits per heavy atom. The van der Waals surface area contributed by atoms with Gasteiger partial charge in [0.2, 0.25) is 0 Å². The normalized spacial score (nSPS) is 21.4. The van der Waals surface area contributed by atoms with E-state index in [1.165, 1.54) is 31.8 Å². The second-order valence-corrected chi connectivity index (χ2v) is 7.00. The fraction of sp³-hybridized carbons (Fsp3) is 0.667. The molecule has 0 heterocycles. The van der Waals surface area contributed by atoms with Gasteiger partial charge in [0.25, 0.3) is 5.79 Å². The summed E-state index contributed by atoms with van der Waals surface area (Å²) in [6.07, 6.45) is 15.8. The molecule has 0 spiro atoms. The summed E-state index contributed by atoms with van der Waals surface area (Å²) in [5.41, 5.74) is 3.66. The Kier molecular flexibility index (Phi) is 10.7. The van der Waals surface area contributed by atoms with Gasteiger partial charge in [0.15, 0.2) is 0 Å². The second-order valence-electron chi connectivity index (χ2n) is 7.00. The molecule has 1 aliphatic rings. The molecule has 6 heteroatoms. The van der Waals surface area contributed by atoms with E-state index < -0.39 is 11.8 Å². The molecule has 152 valence electrons. The van der Waals surface area contributed by atoms with Gasteiger partial charge in [-0.1, -0.05) is 43.5 Å². The number of hydrogen-bond donors (Lipinski definition) is 3. The van der Waals surface area contributed by atoms with Crippen LogP contribution in [0.5, 0.6) is 0 Å². The summed E-state index contributed by atoms with van der Waals surface area (Å²) in [5, 5.41) is 31.7. The Morgan fingerprint density at radius 1 is 1.33 bits per heavy atom. The van der Waals surface area contributed by atoms with Gasteiger partial charge in [0, 0.05) is 12.3 Å². The molecular formula is C21H33NO5. The van der Waals surface area contributed by atoms with Crippen LogP contribution in [0.25, 0.3) is 0 Å². The maximum absolute atomic E-state index is 11.2. The average molecular weight is 379 g/mol. The Bertz CT molecular complexity index is 573. The lowest BCUT2D eigenvalue weighted by Crippen LogP contribution is -2.38. The highest BCUT2D eigenvalue weighted by molar-refractivity contribution is 5.88. The number of esters is 1. The van der Waals surface area contributed by atoms with Gasteiger partial charge in [-0.3, -0.25) is 0 Å². The van der Waals surface area contributed by atoms with Crippen molar-refractivity contribution in [2.24, 2.45) is 17.0 Å². The van der Waals surface area contributed by atoms with Gasteiger partial charge in [0.05, 0.1) is 12.8 Å². The quantitative estimate of drug-likeness (QED) is 0.0966. The van der Waals surface area contributed by atoms with Crippen LogP contribution in [0.1, 0.15) is 64.7 Å². The topological polar surface area (TPSA) is 99.4 Å². The van der Waals surface area contributed by atoms with E-state index in [1.54, 1.807) is 6.08 Å². The number of carbonyl (C=O) groups is 1. The maximum atomic E-state index is 11.2. The lowest BCUT2D eigenvalue weighted by molar-refractivity contribution is -0.205. The molecule has 1 saturated carbocycles. The van der Waals surface area contributed by atoms with E-state index in [0.29, 0.717) is 12.3 Å². The largest absolute Gasteiger partial charge is 0.465 e. The summed E-state index contributed by atoms with van der Waals surface area (Å²) in [6, 6.07) is 0. The van der Waals surface area contributed by atoms with Gasteiger partial charge in [0.1, 0.15) is 0 Å². The monoisotopic (exact) mass is 379 g/mol. The fourth-order valence-electron chi connectivity index (χ4n) is 3.30. The smallest absolute Gasteiger partial charge is 0.366 e. The third-order valence-corrected chi connectivity index (χ3v) is 4.92. The van der Waals surface area contributed by atoms with Crippen LogP contribution in [0.2, 0.25) is 0 Å². The molecule has 0 aliphatic heterocycles. The van der Waals surface area contributed by atoms with E-state index in [-0.39, 0.29) is 12.3 Å². The lowest BCUT2D eigenvalue weighted by Gasteiger charge is -2.15. The molecule has 0 aromatic carbocycles. The predicted octanol–water partition coefficient (Wildman–Crippen LogP) is 3.71. The summed E-state index contributed by atoms with van der Waals surface area (Å²) in [5.74, 6) is -3.18. The average Bonchev–Trinajstić information content (AvgIpc) is 3.05. The molecular weight excluding hydrogens is 346 g/mol. The van der Waals surface area contributed by atoms with Crippen molar-refractivity contribution in [1.82, 2.24) is 0 Å². The molecule has 6 nitrogen and oxygen atoms in total. The Morgan fingerprint density at radius 2 is 2.11 bits per heavy atom. The first kappa shape index (κ1) is 23.2. The third-order valence-electron chi connectivity index (χ3n) is 4.92. The molecule has 0 bridgehead atoms. The SMILES string of the molecule is CCCCCCC=C[C@H]1CCC(=NO)[C@@H]1CC=C=CCC(O)(O)C(=O)OC. The number of hydrogen-bond acceptors (Lipinski definition) is 6. The van der Waals surface area contributed by atoms with Crippen LogP contribution in [0.4, 0.5) is 0 Å². The molecule has 1 aliphatic carbocycles. The number of nitrogens with zero attached hydrogens (tertiary/aromatic N) is 1. The van der Waals surface area contributed by atoms with Gasteiger partial charge in [-0.15, -0.1) is 5.73 Å². The van der Waals surface area contributed by atoms with E-state index in [9.17, 15) is 20.2 Å². The number of methoxy groups -OCH3 is 1. The number of ether oxygens (including phenoxy) is 1. The van der Waals surface area contributed by atoms with Crippen molar-refractivity contribution < 1.29 is 25.0 Å². The highest BCUT2D eigenvalue weighted by Gasteiger charge is 2.33. The summed E-state index contributed by atoms with van der Waals surface area (Å²) in [6.45, 7) is 2.20. The minimum atomic E-state index is -2.54. The molecule has 3 N–H and O–H groups in total. The van der Waals surface area contributed by atoms with Crippen LogP contribution in [0.15, 0.2) is 35.2 Å². The predicted molar refractivity (Wildman–Crippen MR) is 104 cm³/mol. The van der Waals surface area contributed by atoms with E-state index in [4.69, 9.17) is 0 Å². The summed E-state index contributed by atoms with van der Waals surface area (Å²) in [4.78, 5) is 11.2. The minimum absolute atomic E-state index is 0.122. The zero-order valence-electron chi connectivity index (χ0n) is 16.4. The zero-order valence-corrected chi connectivity index (χ0v) is 16.4. The first-order valence-corrected chi connectivity index (χ1v) is 9.76. The van der Waals surface area contributed by atoms with E-state index in [1.807, 2.05) is 0 Å². The van der Waals surface area contributed by atoms with Gasteiger partial charge in [-0.25, -0.2) is 4.79 Å². The van der Waals surface area contributed by atoms with Crippen molar-refractivity contribution in [2.45, 2.75) is 70.5 Å². The molecule has 0 saturated heterocycles. The van der Waals surface area contributed by atoms with Crippen molar-refractivity contribution in [1.29, 1.82) is 0 Å². The van der Waals surface area contributed by atoms with Crippen molar-refractivity contribution in [3.63, 3.8) is 0 Å². The fourth-order valence-corrected chi connectivity index (χ4v) is 3.30. The highest BCUT2D eigenvalue weighted by atomic mass is 16.6. The number of rotatable bonds is 11. The first-order chi connectivity index (χ1) is 13.0. The van der Waals surface area contributed by atoms with Crippen molar-refractivity contribution in [3.05, 3.63) is 30.0 Å². The molecule has 0 aromatic rings. The minimum Gasteiger partial charge on any atom is -0.465 e. The van der Waals surface area contributed by atoms with Crippen molar-refractivity contribution in [3.8, 4) is 0 Å². The van der Waals surface area contributed by atoms with Crippen molar-refractivity contribution in [2.75, 3.05) is 7.11 Å². The van der Waals surface area contributed by atoms with Gasteiger partial charge < -0.3 is 20.2 Å². The van der Waals surface area contributed by atoms with Crippen LogP contribution in [0, 0.1) is 11.8 Å². The zero-order chi connectivity index (χ0) is 20.1. The first-order valence-electron chi connectivity index (χ1n) is 9.76. The molecule has 0 aromatic heterocycles. The lowest BCUT2D eigenvalue weighted by atomic mass is 9.91. The molecule has 0 radical (unpaired) electrons. The van der Waals surface area contributed by atoms with Crippen molar-refractivity contribution >= 4 is 11.7 Å². The summed E-state index contributed by atoms with van der Waals surface area (Å²) >= 11 is 0. The number of aliphatic hydroxyl groups is 2. The Balaban J connectivity index is 2.56. The van der Waals surface area contributed by atoms with Gasteiger partial charge in [-0.05, 0) is 50.2 Å². The molecule has 1 rings (SSSR count). The van der Waals surface area contributed by atoms with E-state index in [2.05, 4.69) is 34.7 Å². The molecule has 1 fully saturated rings. The van der Waals surface area contributed by atoms with Crippen LogP contribution in [-0.4, -0.2) is 40.0 Å². The van der Waals surface area contributed by atoms with E-state index in [0.717, 1.165) is 32.1 Å². The maximum Gasteiger partial charge on any atom is 0.366 e. The Labute approximate surface area is 161 Å². The standard InChI is InChI=1S/C21H33NO5/c1-3-4-5-6-7-9-12-17-14-15-19(22-26)18(17)13-10-8-11-16-21(24,25)20(23)27-2/h9-12,17-18,24-26H,3-7,13-16H2,1-2H3/t8?,17-,18+/m0/s1. The summed E-state index contributed by atoms with van der Waals surface area (Å²) < 4.78 is 4.32. The molecule has 0 unspecified atom stereocenters. The number of allylic oxidation sites excluding steroid dienone is 2. The van der Waals surface area contributed by atoms with Gasteiger partial charge >= 0.3 is 5.97 Å².